The average molecular weight is 607 g/mol. The summed E-state index contributed by atoms with van der Waals surface area (Å²) in [6.45, 7) is 0.175. The predicted octanol–water partition coefficient (Wildman–Crippen LogP) is 3.04. The van der Waals surface area contributed by atoms with E-state index < -0.39 is 30.1 Å². The van der Waals surface area contributed by atoms with Crippen LogP contribution < -0.4 is 10.6 Å². The van der Waals surface area contributed by atoms with E-state index in [9.17, 15) is 14.4 Å². The highest BCUT2D eigenvalue weighted by Crippen LogP contribution is 2.59. The van der Waals surface area contributed by atoms with Gasteiger partial charge in [-0.3, -0.25) is 9.59 Å². The van der Waals surface area contributed by atoms with Crippen molar-refractivity contribution in [3.8, 4) is 0 Å². The number of aliphatic hydroxyl groups excluding tert-OH is 1. The number of ether oxygens (including phenoxy) is 4. The first kappa shape index (κ1) is 29.6. The van der Waals surface area contributed by atoms with Gasteiger partial charge in [0.1, 0.15) is 18.3 Å². The summed E-state index contributed by atoms with van der Waals surface area (Å²) < 4.78 is 25.1. The third-order valence-corrected chi connectivity index (χ3v) is 9.76. The normalized spacial score (nSPS) is 31.9. The van der Waals surface area contributed by atoms with Crippen molar-refractivity contribution in [3.05, 3.63) is 53.1 Å². The van der Waals surface area contributed by atoms with Crippen LogP contribution in [-0.2, 0) is 28.5 Å². The Balaban J connectivity index is 1.03. The molecule has 3 saturated carbocycles. The molecule has 10 heteroatoms. The van der Waals surface area contributed by atoms with Crippen LogP contribution in [0.1, 0.15) is 73.7 Å². The molecule has 2 aliphatic heterocycles. The lowest BCUT2D eigenvalue weighted by Crippen LogP contribution is -2.44. The van der Waals surface area contributed by atoms with Crippen LogP contribution in [0.25, 0.3) is 6.08 Å². The van der Waals surface area contributed by atoms with E-state index in [2.05, 4.69) is 22.8 Å². The summed E-state index contributed by atoms with van der Waals surface area (Å²) in [5, 5.41) is 14.3. The third-order valence-electron chi connectivity index (χ3n) is 9.76. The maximum absolute atomic E-state index is 13.5. The Bertz CT molecular complexity index is 1320. The van der Waals surface area contributed by atoms with Gasteiger partial charge in [-0.05, 0) is 74.6 Å². The van der Waals surface area contributed by atoms with E-state index in [4.69, 9.17) is 24.1 Å². The lowest BCUT2D eigenvalue weighted by Gasteiger charge is -2.31. The summed E-state index contributed by atoms with van der Waals surface area (Å²) in [7, 11) is 0. The Kier molecular flexibility index (Phi) is 8.35. The fourth-order valence-corrected chi connectivity index (χ4v) is 7.09. The number of carbonyl (C=O) groups excluding carboxylic acids is 3. The molecule has 4 aliphatic carbocycles. The molecule has 1 aromatic carbocycles. The Morgan fingerprint density at radius 3 is 2.57 bits per heavy atom. The van der Waals surface area contributed by atoms with Crippen molar-refractivity contribution in [2.24, 2.45) is 17.8 Å². The van der Waals surface area contributed by atoms with Gasteiger partial charge in [0.2, 0.25) is 11.8 Å². The second-order valence-electron chi connectivity index (χ2n) is 13.1. The van der Waals surface area contributed by atoms with Crippen LogP contribution in [0, 0.1) is 17.8 Å². The van der Waals surface area contributed by atoms with Gasteiger partial charge in [0, 0.05) is 43.3 Å². The number of allylic oxidation sites excluding steroid dienone is 1. The molecule has 236 valence electrons. The van der Waals surface area contributed by atoms with Gasteiger partial charge in [-0.25, -0.2) is 4.79 Å². The molecular formula is C34H42N2O8. The van der Waals surface area contributed by atoms with Gasteiger partial charge >= 0.3 is 5.97 Å². The smallest absolute Gasteiger partial charge is 0.338 e. The summed E-state index contributed by atoms with van der Waals surface area (Å²) >= 11 is 0. The van der Waals surface area contributed by atoms with Crippen LogP contribution in [0.15, 0.2) is 42.0 Å². The van der Waals surface area contributed by atoms with Crippen molar-refractivity contribution in [3.63, 3.8) is 0 Å². The van der Waals surface area contributed by atoms with Crippen LogP contribution in [-0.4, -0.2) is 78.9 Å². The van der Waals surface area contributed by atoms with Gasteiger partial charge in [0.15, 0.2) is 5.79 Å². The van der Waals surface area contributed by atoms with E-state index in [1.165, 1.54) is 0 Å². The van der Waals surface area contributed by atoms with E-state index in [1.54, 1.807) is 6.07 Å². The molecule has 0 bridgehead atoms. The van der Waals surface area contributed by atoms with E-state index in [-0.39, 0.29) is 44.4 Å². The largest absolute Gasteiger partial charge is 0.456 e. The number of aliphatic hydroxyl groups is 1. The molecule has 2 saturated heterocycles. The van der Waals surface area contributed by atoms with Crippen molar-refractivity contribution in [2.75, 3.05) is 19.7 Å². The fourth-order valence-electron chi connectivity index (χ4n) is 7.09. The number of hydrogen-bond donors (Lipinski definition) is 3. The summed E-state index contributed by atoms with van der Waals surface area (Å²) in [4.78, 5) is 38.6. The van der Waals surface area contributed by atoms with Crippen molar-refractivity contribution in [1.29, 1.82) is 0 Å². The van der Waals surface area contributed by atoms with Crippen molar-refractivity contribution < 1.29 is 38.4 Å². The Hall–Kier alpha value is -3.05. The topological polar surface area (TPSA) is 136 Å². The van der Waals surface area contributed by atoms with Gasteiger partial charge in [-0.1, -0.05) is 24.3 Å². The molecule has 5 fully saturated rings. The van der Waals surface area contributed by atoms with E-state index >= 15 is 0 Å². The predicted molar refractivity (Wildman–Crippen MR) is 159 cm³/mol. The minimum Gasteiger partial charge on any atom is -0.456 e. The first-order valence-corrected chi connectivity index (χ1v) is 16.3. The summed E-state index contributed by atoms with van der Waals surface area (Å²) in [5.74, 6) is -0.583. The van der Waals surface area contributed by atoms with Crippen molar-refractivity contribution in [1.82, 2.24) is 10.6 Å². The number of hydrogen-bond acceptors (Lipinski definition) is 8. The van der Waals surface area contributed by atoms with Gasteiger partial charge in [0.25, 0.3) is 0 Å². The molecule has 0 radical (unpaired) electrons. The van der Waals surface area contributed by atoms with E-state index in [0.29, 0.717) is 41.1 Å². The molecule has 1 aromatic rings. The van der Waals surface area contributed by atoms with Gasteiger partial charge < -0.3 is 34.7 Å². The second kappa shape index (κ2) is 12.4. The zero-order valence-corrected chi connectivity index (χ0v) is 25.0. The van der Waals surface area contributed by atoms with Crippen LogP contribution in [0.3, 0.4) is 0 Å². The molecule has 6 aliphatic rings. The lowest BCUT2D eigenvalue weighted by molar-refractivity contribution is -0.209. The third kappa shape index (κ3) is 6.49. The quantitative estimate of drug-likeness (QED) is 0.244. The van der Waals surface area contributed by atoms with E-state index in [1.807, 2.05) is 24.3 Å². The Morgan fingerprint density at radius 1 is 1.00 bits per heavy atom. The number of fused-ring (bicyclic) bond motifs is 2. The molecule has 2 amide bonds. The average Bonchev–Trinajstić information content (AvgIpc) is 3.90. The Labute approximate surface area is 257 Å². The first-order valence-electron chi connectivity index (χ1n) is 16.3. The molecule has 3 N–H and O–H groups in total. The van der Waals surface area contributed by atoms with Crippen LogP contribution >= 0.6 is 0 Å². The maximum Gasteiger partial charge on any atom is 0.338 e. The maximum atomic E-state index is 13.5. The molecule has 44 heavy (non-hydrogen) atoms. The summed E-state index contributed by atoms with van der Waals surface area (Å²) in [5.41, 5.74) is 1.84. The van der Waals surface area contributed by atoms with Gasteiger partial charge in [-0.2, -0.15) is 0 Å². The number of amides is 2. The highest BCUT2D eigenvalue weighted by Gasteiger charge is 2.64. The van der Waals surface area contributed by atoms with Gasteiger partial charge in [0.05, 0.1) is 24.4 Å². The van der Waals surface area contributed by atoms with Crippen LogP contribution in [0.2, 0.25) is 0 Å². The number of esters is 1. The SMILES string of the molecule is O=C(CCNC(=O)C1=C[C@H]2OC(C3CC3)(C3CC3)O[C@H]2[C@H](OC(=O)c2cccc(C=CC3CCC4OC4C3)c2)C1)NCCO. The first-order chi connectivity index (χ1) is 21.4. The molecule has 2 heterocycles. The summed E-state index contributed by atoms with van der Waals surface area (Å²) in [6, 6.07) is 7.43. The molecule has 0 aromatic heterocycles. The highest BCUT2D eigenvalue weighted by atomic mass is 16.8. The Morgan fingerprint density at radius 2 is 1.82 bits per heavy atom. The minimum absolute atomic E-state index is 0.0932. The number of rotatable bonds is 12. The zero-order valence-electron chi connectivity index (χ0n) is 25.0. The fraction of sp³-hybridized carbons (Fsp3) is 0.618. The summed E-state index contributed by atoms with van der Waals surface area (Å²) in [6.07, 6.45) is 13.0. The van der Waals surface area contributed by atoms with Crippen LogP contribution in [0.5, 0.6) is 0 Å². The monoisotopic (exact) mass is 606 g/mol. The molecular weight excluding hydrogens is 564 g/mol. The molecule has 6 atom stereocenters. The van der Waals surface area contributed by atoms with Crippen LogP contribution in [0.4, 0.5) is 0 Å². The molecule has 0 spiro atoms. The molecule has 3 unspecified atom stereocenters. The number of carbonyl (C=O) groups is 3. The van der Waals surface area contributed by atoms with E-state index in [0.717, 1.165) is 50.5 Å². The number of benzene rings is 1. The molecule has 10 nitrogen and oxygen atoms in total. The number of epoxide rings is 1. The second-order valence-corrected chi connectivity index (χ2v) is 13.1. The van der Waals surface area contributed by atoms with Crippen molar-refractivity contribution in [2.45, 2.75) is 94.1 Å². The van der Waals surface area contributed by atoms with Gasteiger partial charge in [-0.15, -0.1) is 0 Å². The zero-order chi connectivity index (χ0) is 30.3. The molecule has 7 rings (SSSR count). The lowest BCUT2D eigenvalue weighted by atomic mass is 9.88. The standard InChI is InChI=1S/C34H42N2O8/c37-15-14-35-30(38)12-13-36-32(39)23-18-28(31-29(19-23)43-34(44-31,24-7-8-24)25-9-10-25)42-33(40)22-3-1-2-20(16-22)4-5-21-6-11-26-27(17-21)41-26/h1-5,16,19,21,24-29,31,37H,6-15,17-18H2,(H,35,38)(H,36,39)/t21?,26?,27?,28-,29-,31+/m1/s1. The highest BCUT2D eigenvalue weighted by molar-refractivity contribution is 5.94. The minimum atomic E-state index is -0.696. The van der Waals surface area contributed by atoms with Crippen molar-refractivity contribution >= 4 is 23.9 Å². The number of nitrogens with one attached hydrogen (secondary N) is 2.